The number of nitrogens with one attached hydrogen (secondary N) is 1. The molecule has 2 aromatic heterocycles. The standard InChI is InChI=1S/C27H35N5O2/c1-16(2)24-21-14-19(27-32(11-7-10-31(5)6)23(15-34-27)26(28)33)8-9-22(21)30-25(24)20-12-17(3)29-18(4)13-20/h8-9,12-16,27,30H,7,10-11H2,1-6H3,(H2,28,33). The number of H-pyrrole nitrogens is 1. The predicted octanol–water partition coefficient (Wildman–Crippen LogP) is 4.58. The Bertz CT molecular complexity index is 1220. The zero-order valence-electron chi connectivity index (χ0n) is 21.0. The molecule has 0 aliphatic carbocycles. The summed E-state index contributed by atoms with van der Waals surface area (Å²) in [4.78, 5) is 24.4. The molecule has 34 heavy (non-hydrogen) atoms. The molecular formula is C27H35N5O2. The van der Waals surface area contributed by atoms with E-state index < -0.39 is 5.91 Å². The number of hydrogen-bond donors (Lipinski definition) is 2. The molecule has 0 fully saturated rings. The summed E-state index contributed by atoms with van der Waals surface area (Å²) in [5.74, 6) is -0.156. The summed E-state index contributed by atoms with van der Waals surface area (Å²) in [6, 6.07) is 10.6. The Morgan fingerprint density at radius 3 is 2.53 bits per heavy atom. The highest BCUT2D eigenvalue weighted by molar-refractivity contribution is 5.93. The van der Waals surface area contributed by atoms with Crippen molar-refractivity contribution in [2.24, 2.45) is 5.73 Å². The van der Waals surface area contributed by atoms with E-state index in [-0.39, 0.29) is 6.23 Å². The molecule has 0 spiro atoms. The Morgan fingerprint density at radius 1 is 1.21 bits per heavy atom. The van der Waals surface area contributed by atoms with Gasteiger partial charge >= 0.3 is 0 Å². The SMILES string of the molecule is Cc1cc(-c2[nH]c3ccc(C4OC=C(C(N)=O)N4CCCN(C)C)cc3c2C(C)C)cc(C)n1. The minimum atomic E-state index is -0.469. The third kappa shape index (κ3) is 4.66. The van der Waals surface area contributed by atoms with E-state index in [1.807, 2.05) is 32.8 Å². The topological polar surface area (TPSA) is 87.5 Å². The predicted molar refractivity (Wildman–Crippen MR) is 136 cm³/mol. The normalized spacial score (nSPS) is 15.9. The second-order valence-electron chi connectivity index (χ2n) is 9.72. The fraction of sp³-hybridized carbons (Fsp3) is 0.407. The van der Waals surface area contributed by atoms with Crippen molar-refractivity contribution < 1.29 is 9.53 Å². The fourth-order valence-corrected chi connectivity index (χ4v) is 4.84. The molecule has 0 radical (unpaired) electrons. The number of aryl methyl sites for hydroxylation is 2. The lowest BCUT2D eigenvalue weighted by atomic mass is 9.95. The number of nitrogens with zero attached hydrogens (tertiary/aromatic N) is 3. The number of fused-ring (bicyclic) bond motifs is 1. The molecule has 3 heterocycles. The minimum Gasteiger partial charge on any atom is -0.471 e. The van der Waals surface area contributed by atoms with Gasteiger partial charge in [0.05, 0.1) is 5.69 Å². The van der Waals surface area contributed by atoms with Crippen LogP contribution < -0.4 is 5.73 Å². The molecule has 0 bridgehead atoms. The lowest BCUT2D eigenvalue weighted by molar-refractivity contribution is -0.116. The van der Waals surface area contributed by atoms with Crippen molar-refractivity contribution in [3.05, 3.63) is 64.8 Å². The lowest BCUT2D eigenvalue weighted by Gasteiger charge is -2.27. The number of nitrogens with two attached hydrogens (primary N) is 1. The van der Waals surface area contributed by atoms with Gasteiger partial charge in [-0.25, -0.2) is 0 Å². The van der Waals surface area contributed by atoms with Gasteiger partial charge in [0.1, 0.15) is 12.0 Å². The summed E-state index contributed by atoms with van der Waals surface area (Å²) in [6.07, 6.45) is 2.02. The molecule has 1 aliphatic heterocycles. The van der Waals surface area contributed by atoms with Crippen LogP contribution in [0.1, 0.15) is 54.9 Å². The summed E-state index contributed by atoms with van der Waals surface area (Å²) < 4.78 is 5.99. The Morgan fingerprint density at radius 2 is 1.91 bits per heavy atom. The van der Waals surface area contributed by atoms with Crippen LogP contribution in [0.2, 0.25) is 0 Å². The molecule has 7 nitrogen and oxygen atoms in total. The Hall–Kier alpha value is -3.32. The zero-order valence-corrected chi connectivity index (χ0v) is 21.0. The molecule has 7 heteroatoms. The van der Waals surface area contributed by atoms with Crippen LogP contribution in [0.5, 0.6) is 0 Å². The van der Waals surface area contributed by atoms with Gasteiger partial charge in [-0.15, -0.1) is 0 Å². The first-order valence-electron chi connectivity index (χ1n) is 11.8. The molecule has 1 aliphatic rings. The number of amides is 1. The average Bonchev–Trinajstić information content (AvgIpc) is 3.34. The first-order valence-corrected chi connectivity index (χ1v) is 11.8. The number of carbonyl (C=O) groups excluding carboxylic acids is 1. The van der Waals surface area contributed by atoms with Gasteiger partial charge in [0.2, 0.25) is 0 Å². The van der Waals surface area contributed by atoms with Crippen LogP contribution in [0, 0.1) is 13.8 Å². The smallest absolute Gasteiger partial charge is 0.268 e. The van der Waals surface area contributed by atoms with Crippen LogP contribution in [-0.2, 0) is 9.53 Å². The summed E-state index contributed by atoms with van der Waals surface area (Å²) in [7, 11) is 4.08. The van der Waals surface area contributed by atoms with Crippen molar-refractivity contribution in [1.82, 2.24) is 19.8 Å². The maximum atomic E-state index is 12.1. The maximum Gasteiger partial charge on any atom is 0.268 e. The van der Waals surface area contributed by atoms with Crippen LogP contribution in [0.15, 0.2) is 42.3 Å². The number of rotatable bonds is 8. The number of hydrogen-bond acceptors (Lipinski definition) is 5. The van der Waals surface area contributed by atoms with Gasteiger partial charge in [0.15, 0.2) is 6.23 Å². The highest BCUT2D eigenvalue weighted by Crippen LogP contribution is 2.39. The molecule has 0 saturated heterocycles. The van der Waals surface area contributed by atoms with Crippen LogP contribution in [0.3, 0.4) is 0 Å². The first kappa shape index (κ1) is 23.8. The number of aromatic amines is 1. The second-order valence-corrected chi connectivity index (χ2v) is 9.72. The van der Waals surface area contributed by atoms with Gasteiger partial charge in [0.25, 0.3) is 5.91 Å². The molecule has 3 aromatic rings. The average molecular weight is 462 g/mol. The first-order chi connectivity index (χ1) is 16.2. The highest BCUT2D eigenvalue weighted by atomic mass is 16.5. The molecular weight excluding hydrogens is 426 g/mol. The van der Waals surface area contributed by atoms with Gasteiger partial charge in [-0.3, -0.25) is 9.78 Å². The molecule has 1 unspecified atom stereocenters. The quantitative estimate of drug-likeness (QED) is 0.513. The molecule has 4 rings (SSSR count). The van der Waals surface area contributed by atoms with Crippen molar-refractivity contribution >= 4 is 16.8 Å². The van der Waals surface area contributed by atoms with E-state index in [2.05, 4.69) is 59.0 Å². The van der Waals surface area contributed by atoms with Crippen LogP contribution in [0.25, 0.3) is 22.2 Å². The van der Waals surface area contributed by atoms with Gasteiger partial charge in [-0.05, 0) is 76.7 Å². The molecule has 1 amide bonds. The molecule has 1 aromatic carbocycles. The third-order valence-corrected chi connectivity index (χ3v) is 6.25. The number of benzene rings is 1. The summed E-state index contributed by atoms with van der Waals surface area (Å²) >= 11 is 0. The molecule has 180 valence electrons. The highest BCUT2D eigenvalue weighted by Gasteiger charge is 2.32. The van der Waals surface area contributed by atoms with Crippen molar-refractivity contribution in [1.29, 1.82) is 0 Å². The van der Waals surface area contributed by atoms with Crippen molar-refractivity contribution in [2.75, 3.05) is 27.2 Å². The fourth-order valence-electron chi connectivity index (χ4n) is 4.84. The van der Waals surface area contributed by atoms with Gasteiger partial charge in [-0.1, -0.05) is 19.9 Å². The Kier molecular flexibility index (Phi) is 6.66. The summed E-state index contributed by atoms with van der Waals surface area (Å²) in [5, 5.41) is 1.17. The van der Waals surface area contributed by atoms with E-state index in [4.69, 9.17) is 10.5 Å². The van der Waals surface area contributed by atoms with E-state index >= 15 is 0 Å². The molecule has 1 atom stereocenters. The number of primary amides is 1. The second kappa shape index (κ2) is 9.50. The lowest BCUT2D eigenvalue weighted by Crippen LogP contribution is -2.33. The summed E-state index contributed by atoms with van der Waals surface area (Å²) in [5.41, 5.74) is 13.7. The largest absolute Gasteiger partial charge is 0.471 e. The summed E-state index contributed by atoms with van der Waals surface area (Å²) in [6.45, 7) is 10.1. The van der Waals surface area contributed by atoms with Gasteiger partial charge < -0.3 is 25.3 Å². The van der Waals surface area contributed by atoms with E-state index in [0.717, 1.165) is 46.7 Å². The third-order valence-electron chi connectivity index (χ3n) is 6.25. The van der Waals surface area contributed by atoms with E-state index in [0.29, 0.717) is 18.2 Å². The van der Waals surface area contributed by atoms with Gasteiger partial charge in [0, 0.05) is 40.0 Å². The van der Waals surface area contributed by atoms with Gasteiger partial charge in [-0.2, -0.15) is 0 Å². The Balaban J connectivity index is 1.75. The number of carbonyl (C=O) groups is 1. The van der Waals surface area contributed by atoms with Crippen LogP contribution in [0.4, 0.5) is 0 Å². The zero-order chi connectivity index (χ0) is 24.6. The van der Waals surface area contributed by atoms with Crippen molar-refractivity contribution in [3.8, 4) is 11.3 Å². The van der Waals surface area contributed by atoms with Crippen molar-refractivity contribution in [2.45, 2.75) is 46.3 Å². The number of aromatic nitrogens is 2. The molecule has 3 N–H and O–H groups in total. The van der Waals surface area contributed by atoms with E-state index in [9.17, 15) is 4.79 Å². The maximum absolute atomic E-state index is 12.1. The minimum absolute atomic E-state index is 0.313. The van der Waals surface area contributed by atoms with Crippen LogP contribution >= 0.6 is 0 Å². The monoisotopic (exact) mass is 461 g/mol. The number of ether oxygens (including phenoxy) is 1. The number of pyridine rings is 1. The van der Waals surface area contributed by atoms with E-state index in [1.54, 1.807) is 0 Å². The van der Waals surface area contributed by atoms with Crippen molar-refractivity contribution in [3.63, 3.8) is 0 Å². The molecule has 0 saturated carbocycles. The van der Waals surface area contributed by atoms with Crippen LogP contribution in [-0.4, -0.2) is 52.9 Å². The van der Waals surface area contributed by atoms with E-state index in [1.165, 1.54) is 17.2 Å². The Labute approximate surface area is 201 Å².